The van der Waals surface area contributed by atoms with Gasteiger partial charge in [0, 0.05) is 19.3 Å². The van der Waals surface area contributed by atoms with Crippen LogP contribution in [0.3, 0.4) is 0 Å². The van der Waals surface area contributed by atoms with Crippen LogP contribution < -0.4 is 15.4 Å². The summed E-state index contributed by atoms with van der Waals surface area (Å²) in [6.07, 6.45) is 2.71. The Morgan fingerprint density at radius 1 is 1.11 bits per heavy atom. The number of benzene rings is 1. The van der Waals surface area contributed by atoms with Crippen LogP contribution in [0.2, 0.25) is 0 Å². The van der Waals surface area contributed by atoms with E-state index in [4.69, 9.17) is 4.74 Å². The zero-order valence-corrected chi connectivity index (χ0v) is 16.7. The number of methoxy groups -OCH3 is 1. The number of anilines is 1. The molecule has 3 rings (SSSR count). The highest BCUT2D eigenvalue weighted by atomic mass is 32.1. The predicted molar refractivity (Wildman–Crippen MR) is 111 cm³/mol. The first-order valence-electron chi connectivity index (χ1n) is 9.07. The average molecular weight is 398 g/mol. The van der Waals surface area contributed by atoms with Crippen LogP contribution in [0.5, 0.6) is 5.75 Å². The highest BCUT2D eigenvalue weighted by Crippen LogP contribution is 2.21. The standard InChI is InChI=1S/C21H23N3O3S/c1-3-11-24-12-10-17(23-20(25)18-5-4-13-28-18)19(24)21(26)22-14-15-6-8-16(27-2)9-7-15/h4-10,12-13H,3,11,14H2,1-2H3,(H,22,26)(H,23,25). The van der Waals surface area contributed by atoms with Crippen LogP contribution in [-0.4, -0.2) is 23.5 Å². The van der Waals surface area contributed by atoms with Crippen molar-refractivity contribution in [2.45, 2.75) is 26.4 Å². The maximum absolute atomic E-state index is 12.9. The summed E-state index contributed by atoms with van der Waals surface area (Å²) in [5.74, 6) is 0.328. The summed E-state index contributed by atoms with van der Waals surface area (Å²) in [7, 11) is 1.62. The van der Waals surface area contributed by atoms with Crippen LogP contribution >= 0.6 is 11.3 Å². The molecule has 0 aliphatic carbocycles. The third-order valence-corrected chi connectivity index (χ3v) is 5.12. The van der Waals surface area contributed by atoms with E-state index in [-0.39, 0.29) is 11.8 Å². The Hall–Kier alpha value is -3.06. The Morgan fingerprint density at radius 3 is 2.54 bits per heavy atom. The smallest absolute Gasteiger partial charge is 0.270 e. The van der Waals surface area contributed by atoms with Crippen molar-refractivity contribution in [2.75, 3.05) is 12.4 Å². The van der Waals surface area contributed by atoms with Gasteiger partial charge in [0.25, 0.3) is 11.8 Å². The van der Waals surface area contributed by atoms with Crippen LogP contribution in [0.25, 0.3) is 0 Å². The Labute approximate surface area is 168 Å². The zero-order chi connectivity index (χ0) is 19.9. The molecule has 28 heavy (non-hydrogen) atoms. The molecule has 2 N–H and O–H groups in total. The molecular weight excluding hydrogens is 374 g/mol. The minimum absolute atomic E-state index is 0.214. The van der Waals surface area contributed by atoms with Gasteiger partial charge in [-0.05, 0) is 41.6 Å². The van der Waals surface area contributed by atoms with E-state index in [0.717, 1.165) is 17.7 Å². The number of rotatable bonds is 8. The number of carbonyl (C=O) groups excluding carboxylic acids is 2. The number of amides is 2. The topological polar surface area (TPSA) is 72.4 Å². The normalized spacial score (nSPS) is 10.5. The van der Waals surface area contributed by atoms with E-state index in [2.05, 4.69) is 10.6 Å². The molecule has 0 aliphatic heterocycles. The van der Waals surface area contributed by atoms with Crippen LogP contribution in [0, 0.1) is 0 Å². The second kappa shape index (κ2) is 9.23. The Morgan fingerprint density at radius 2 is 1.89 bits per heavy atom. The molecule has 6 nitrogen and oxygen atoms in total. The number of hydrogen-bond acceptors (Lipinski definition) is 4. The number of nitrogens with zero attached hydrogens (tertiary/aromatic N) is 1. The molecular formula is C21H23N3O3S. The number of nitrogens with one attached hydrogen (secondary N) is 2. The van der Waals surface area contributed by atoms with Crippen molar-refractivity contribution in [3.8, 4) is 5.75 Å². The number of hydrogen-bond donors (Lipinski definition) is 2. The largest absolute Gasteiger partial charge is 0.497 e. The summed E-state index contributed by atoms with van der Waals surface area (Å²) in [5.41, 5.74) is 1.94. The molecule has 2 heterocycles. The molecule has 2 amide bonds. The lowest BCUT2D eigenvalue weighted by molar-refractivity contribution is 0.0942. The number of carbonyl (C=O) groups is 2. The van der Waals surface area contributed by atoms with E-state index in [0.29, 0.717) is 29.3 Å². The second-order valence-corrected chi connectivity index (χ2v) is 7.18. The lowest BCUT2D eigenvalue weighted by Crippen LogP contribution is -2.27. The Kier molecular flexibility index (Phi) is 6.49. The van der Waals surface area contributed by atoms with Crippen LogP contribution in [-0.2, 0) is 13.1 Å². The van der Waals surface area contributed by atoms with Crippen molar-refractivity contribution in [3.63, 3.8) is 0 Å². The van der Waals surface area contributed by atoms with Crippen molar-refractivity contribution in [1.29, 1.82) is 0 Å². The fraction of sp³-hybridized carbons (Fsp3) is 0.238. The fourth-order valence-corrected chi connectivity index (χ4v) is 3.47. The molecule has 3 aromatic rings. The van der Waals surface area contributed by atoms with Gasteiger partial charge < -0.3 is 19.9 Å². The zero-order valence-electron chi connectivity index (χ0n) is 15.9. The summed E-state index contributed by atoms with van der Waals surface area (Å²) in [5, 5.41) is 7.64. The van der Waals surface area contributed by atoms with Gasteiger partial charge in [-0.15, -0.1) is 11.3 Å². The van der Waals surface area contributed by atoms with E-state index in [1.54, 1.807) is 19.2 Å². The van der Waals surface area contributed by atoms with Crippen LogP contribution in [0.1, 0.15) is 39.1 Å². The van der Waals surface area contributed by atoms with E-state index in [1.807, 2.05) is 53.4 Å². The molecule has 0 aliphatic rings. The first kappa shape index (κ1) is 19.7. The summed E-state index contributed by atoms with van der Waals surface area (Å²) in [6.45, 7) is 3.13. The lowest BCUT2D eigenvalue weighted by Gasteiger charge is -2.12. The van der Waals surface area contributed by atoms with Crippen LogP contribution in [0.15, 0.2) is 54.0 Å². The van der Waals surface area contributed by atoms with Gasteiger partial charge in [-0.3, -0.25) is 9.59 Å². The molecule has 0 spiro atoms. The Bertz CT molecular complexity index is 930. The van der Waals surface area contributed by atoms with E-state index >= 15 is 0 Å². The predicted octanol–water partition coefficient (Wildman–Crippen LogP) is 4.15. The van der Waals surface area contributed by atoms with E-state index in [9.17, 15) is 9.59 Å². The van der Waals surface area contributed by atoms with Gasteiger partial charge in [0.1, 0.15) is 11.4 Å². The maximum atomic E-state index is 12.9. The molecule has 0 saturated heterocycles. The molecule has 0 fully saturated rings. The van der Waals surface area contributed by atoms with Crippen molar-refractivity contribution >= 4 is 28.8 Å². The van der Waals surface area contributed by atoms with Gasteiger partial charge in [0.2, 0.25) is 0 Å². The molecule has 2 aromatic heterocycles. The minimum Gasteiger partial charge on any atom is -0.497 e. The molecule has 7 heteroatoms. The van der Waals surface area contributed by atoms with Crippen molar-refractivity contribution in [1.82, 2.24) is 9.88 Å². The van der Waals surface area contributed by atoms with Crippen molar-refractivity contribution < 1.29 is 14.3 Å². The quantitative estimate of drug-likeness (QED) is 0.600. The summed E-state index contributed by atoms with van der Waals surface area (Å²) in [6, 6.07) is 12.9. The summed E-state index contributed by atoms with van der Waals surface area (Å²) < 4.78 is 7.02. The molecule has 0 unspecified atom stereocenters. The fourth-order valence-electron chi connectivity index (χ4n) is 2.85. The van der Waals surface area contributed by atoms with Gasteiger partial charge in [-0.1, -0.05) is 25.1 Å². The van der Waals surface area contributed by atoms with Gasteiger partial charge >= 0.3 is 0 Å². The number of aromatic nitrogens is 1. The monoisotopic (exact) mass is 397 g/mol. The third-order valence-electron chi connectivity index (χ3n) is 4.25. The highest BCUT2D eigenvalue weighted by Gasteiger charge is 2.19. The molecule has 0 atom stereocenters. The lowest BCUT2D eigenvalue weighted by atomic mass is 10.2. The number of aryl methyl sites for hydroxylation is 1. The highest BCUT2D eigenvalue weighted by molar-refractivity contribution is 7.12. The van der Waals surface area contributed by atoms with Gasteiger partial charge in [-0.25, -0.2) is 0 Å². The molecule has 0 bridgehead atoms. The Balaban J connectivity index is 1.74. The second-order valence-electron chi connectivity index (χ2n) is 6.23. The van der Waals surface area contributed by atoms with Gasteiger partial charge in [-0.2, -0.15) is 0 Å². The molecule has 0 radical (unpaired) electrons. The van der Waals surface area contributed by atoms with Crippen LogP contribution in [0.4, 0.5) is 5.69 Å². The van der Waals surface area contributed by atoms with Gasteiger partial charge in [0.05, 0.1) is 17.7 Å². The molecule has 146 valence electrons. The summed E-state index contributed by atoms with van der Waals surface area (Å²) in [4.78, 5) is 25.9. The van der Waals surface area contributed by atoms with Gasteiger partial charge in [0.15, 0.2) is 0 Å². The number of thiophene rings is 1. The van der Waals surface area contributed by atoms with E-state index < -0.39 is 0 Å². The minimum atomic E-state index is -0.226. The number of ether oxygens (including phenoxy) is 1. The first-order valence-corrected chi connectivity index (χ1v) is 9.95. The first-order chi connectivity index (χ1) is 13.6. The SMILES string of the molecule is CCCn1ccc(NC(=O)c2cccs2)c1C(=O)NCc1ccc(OC)cc1. The van der Waals surface area contributed by atoms with Crippen molar-refractivity contribution in [2.24, 2.45) is 0 Å². The third kappa shape index (κ3) is 4.61. The van der Waals surface area contributed by atoms with E-state index in [1.165, 1.54) is 11.3 Å². The molecule has 0 saturated carbocycles. The maximum Gasteiger partial charge on any atom is 0.270 e. The summed E-state index contributed by atoms with van der Waals surface area (Å²) >= 11 is 1.36. The average Bonchev–Trinajstić information content (AvgIpc) is 3.37. The van der Waals surface area contributed by atoms with Crippen molar-refractivity contribution in [3.05, 3.63) is 70.2 Å². The molecule has 1 aromatic carbocycles.